The molecule has 0 saturated carbocycles. The van der Waals surface area contributed by atoms with Crippen molar-refractivity contribution in [2.75, 3.05) is 20.7 Å². The Labute approximate surface area is 174 Å². The van der Waals surface area contributed by atoms with Gasteiger partial charge in [-0.3, -0.25) is 9.59 Å². The Bertz CT molecular complexity index is 804. The number of nitrogens with one attached hydrogen (secondary N) is 1. The van der Waals surface area contributed by atoms with Crippen LogP contribution in [-0.2, 0) is 16.8 Å². The van der Waals surface area contributed by atoms with E-state index in [1.165, 1.54) is 10.5 Å². The van der Waals surface area contributed by atoms with E-state index in [1.807, 2.05) is 24.3 Å². The summed E-state index contributed by atoms with van der Waals surface area (Å²) in [5, 5.41) is 2.90. The lowest BCUT2D eigenvalue weighted by Gasteiger charge is -2.19. The summed E-state index contributed by atoms with van der Waals surface area (Å²) in [5.41, 5.74) is 2.99. The van der Waals surface area contributed by atoms with E-state index >= 15 is 0 Å². The highest BCUT2D eigenvalue weighted by Gasteiger charge is 2.13. The highest BCUT2D eigenvalue weighted by atomic mass is 16.5. The van der Waals surface area contributed by atoms with Gasteiger partial charge in [0.25, 0.3) is 5.91 Å². The highest BCUT2D eigenvalue weighted by molar-refractivity contribution is 5.93. The monoisotopic (exact) mass is 396 g/mol. The molecule has 0 fully saturated rings. The smallest absolute Gasteiger partial charge is 0.253 e. The van der Waals surface area contributed by atoms with E-state index in [0.717, 1.165) is 11.3 Å². The van der Waals surface area contributed by atoms with Crippen LogP contribution < -0.4 is 10.1 Å². The lowest BCUT2D eigenvalue weighted by Crippen LogP contribution is -2.23. The summed E-state index contributed by atoms with van der Waals surface area (Å²) in [5.74, 6) is 0.782. The van der Waals surface area contributed by atoms with E-state index in [1.54, 1.807) is 26.2 Å². The van der Waals surface area contributed by atoms with Crippen molar-refractivity contribution in [3.05, 3.63) is 65.2 Å². The first-order valence-electron chi connectivity index (χ1n) is 9.97. The molecule has 0 aliphatic rings. The van der Waals surface area contributed by atoms with Gasteiger partial charge < -0.3 is 15.0 Å². The van der Waals surface area contributed by atoms with Crippen molar-refractivity contribution in [3.8, 4) is 5.75 Å². The maximum atomic E-state index is 12.0. The number of rotatable bonds is 8. The van der Waals surface area contributed by atoms with Crippen LogP contribution in [0.2, 0.25) is 0 Å². The van der Waals surface area contributed by atoms with Crippen molar-refractivity contribution in [2.24, 2.45) is 0 Å². The first-order valence-corrected chi connectivity index (χ1v) is 9.97. The lowest BCUT2D eigenvalue weighted by atomic mass is 9.87. The molecule has 0 unspecified atom stereocenters. The van der Waals surface area contributed by atoms with Gasteiger partial charge >= 0.3 is 0 Å². The predicted octanol–water partition coefficient (Wildman–Crippen LogP) is 4.16. The average Bonchev–Trinajstić information content (AvgIpc) is 2.69. The van der Waals surface area contributed by atoms with Crippen molar-refractivity contribution >= 4 is 11.8 Å². The van der Waals surface area contributed by atoms with Crippen molar-refractivity contribution in [3.63, 3.8) is 0 Å². The molecule has 0 bridgehead atoms. The maximum absolute atomic E-state index is 12.0. The van der Waals surface area contributed by atoms with Crippen LogP contribution in [-0.4, -0.2) is 37.4 Å². The molecule has 2 rings (SSSR count). The number of hydrogen-bond acceptors (Lipinski definition) is 3. The molecule has 0 aromatic heterocycles. The van der Waals surface area contributed by atoms with Gasteiger partial charge in [0.05, 0.1) is 6.61 Å². The molecule has 5 nitrogen and oxygen atoms in total. The van der Waals surface area contributed by atoms with Crippen LogP contribution >= 0.6 is 0 Å². The first kappa shape index (κ1) is 22.5. The second-order valence-electron chi connectivity index (χ2n) is 8.40. The molecule has 0 spiro atoms. The summed E-state index contributed by atoms with van der Waals surface area (Å²) >= 11 is 0. The number of carbonyl (C=O) groups excluding carboxylic acids is 2. The van der Waals surface area contributed by atoms with Gasteiger partial charge in [-0.1, -0.05) is 45.0 Å². The van der Waals surface area contributed by atoms with E-state index in [4.69, 9.17) is 4.74 Å². The van der Waals surface area contributed by atoms with Crippen LogP contribution in [0.4, 0.5) is 0 Å². The fourth-order valence-corrected chi connectivity index (χ4v) is 2.79. The summed E-state index contributed by atoms with van der Waals surface area (Å²) in [6, 6.07) is 15.4. The van der Waals surface area contributed by atoms with Crippen LogP contribution in [0.1, 0.15) is 55.1 Å². The van der Waals surface area contributed by atoms with E-state index < -0.39 is 0 Å². The predicted molar refractivity (Wildman–Crippen MR) is 116 cm³/mol. The van der Waals surface area contributed by atoms with Crippen molar-refractivity contribution in [2.45, 2.75) is 45.6 Å². The van der Waals surface area contributed by atoms with Crippen LogP contribution in [0.3, 0.4) is 0 Å². The van der Waals surface area contributed by atoms with Gasteiger partial charge in [-0.2, -0.15) is 0 Å². The van der Waals surface area contributed by atoms with E-state index in [0.29, 0.717) is 31.6 Å². The van der Waals surface area contributed by atoms with E-state index in [-0.39, 0.29) is 17.2 Å². The largest absolute Gasteiger partial charge is 0.494 e. The molecule has 0 atom stereocenters. The summed E-state index contributed by atoms with van der Waals surface area (Å²) in [6.07, 6.45) is 1.07. The molecule has 156 valence electrons. The Morgan fingerprint density at radius 3 is 2.14 bits per heavy atom. The summed E-state index contributed by atoms with van der Waals surface area (Å²) in [4.78, 5) is 25.4. The minimum Gasteiger partial charge on any atom is -0.494 e. The lowest BCUT2D eigenvalue weighted by molar-refractivity contribution is -0.121. The summed E-state index contributed by atoms with van der Waals surface area (Å²) in [6.45, 7) is 7.49. The van der Waals surface area contributed by atoms with Gasteiger partial charge in [0, 0.05) is 32.6 Å². The minimum atomic E-state index is -0.0337. The number of benzene rings is 2. The molecule has 29 heavy (non-hydrogen) atoms. The summed E-state index contributed by atoms with van der Waals surface area (Å²) in [7, 11) is 3.45. The SMILES string of the molecule is CN(C)C(=O)c1ccc(CNC(=O)CCCOc2ccc(C(C)(C)C)cc2)cc1. The molecule has 0 aliphatic carbocycles. The molecular formula is C24H32N2O3. The number of amides is 2. The zero-order valence-corrected chi connectivity index (χ0v) is 18.1. The zero-order chi connectivity index (χ0) is 21.4. The molecule has 0 heterocycles. The number of hydrogen-bond donors (Lipinski definition) is 1. The summed E-state index contributed by atoms with van der Waals surface area (Å²) < 4.78 is 5.73. The van der Waals surface area contributed by atoms with Crippen LogP contribution in [0, 0.1) is 0 Å². The third-order valence-electron chi connectivity index (χ3n) is 4.63. The molecule has 0 radical (unpaired) electrons. The van der Waals surface area contributed by atoms with Gasteiger partial charge in [-0.05, 0) is 47.2 Å². The topological polar surface area (TPSA) is 58.6 Å². The Morgan fingerprint density at radius 2 is 1.59 bits per heavy atom. The average molecular weight is 397 g/mol. The number of ether oxygens (including phenoxy) is 1. The Hall–Kier alpha value is -2.82. The Balaban J connectivity index is 1.68. The Morgan fingerprint density at radius 1 is 0.966 bits per heavy atom. The third kappa shape index (κ3) is 7.26. The van der Waals surface area contributed by atoms with Gasteiger partial charge in [0.1, 0.15) is 5.75 Å². The third-order valence-corrected chi connectivity index (χ3v) is 4.63. The first-order chi connectivity index (χ1) is 13.7. The van der Waals surface area contributed by atoms with Crippen molar-refractivity contribution in [1.82, 2.24) is 10.2 Å². The molecule has 0 aliphatic heterocycles. The van der Waals surface area contributed by atoms with Crippen LogP contribution in [0.5, 0.6) is 5.75 Å². The van der Waals surface area contributed by atoms with Crippen LogP contribution in [0.25, 0.3) is 0 Å². The standard InChI is InChI=1S/C24H32N2O3/c1-24(2,3)20-12-14-21(15-13-20)29-16-6-7-22(27)25-17-18-8-10-19(11-9-18)23(28)26(4)5/h8-15H,6-7,16-17H2,1-5H3,(H,25,27). The molecule has 2 amide bonds. The zero-order valence-electron chi connectivity index (χ0n) is 18.1. The quantitative estimate of drug-likeness (QED) is 0.682. The van der Waals surface area contributed by atoms with Crippen molar-refractivity contribution < 1.29 is 14.3 Å². The second kappa shape index (κ2) is 10.1. The highest BCUT2D eigenvalue weighted by Crippen LogP contribution is 2.24. The van der Waals surface area contributed by atoms with Gasteiger partial charge in [-0.25, -0.2) is 0 Å². The van der Waals surface area contributed by atoms with E-state index in [2.05, 4.69) is 38.2 Å². The minimum absolute atomic E-state index is 0.00914. The van der Waals surface area contributed by atoms with Crippen LogP contribution in [0.15, 0.2) is 48.5 Å². The molecule has 0 saturated heterocycles. The maximum Gasteiger partial charge on any atom is 0.253 e. The van der Waals surface area contributed by atoms with E-state index in [9.17, 15) is 9.59 Å². The molecule has 5 heteroatoms. The van der Waals surface area contributed by atoms with Gasteiger partial charge in [0.2, 0.25) is 5.91 Å². The molecule has 2 aromatic rings. The number of nitrogens with zero attached hydrogens (tertiary/aromatic N) is 1. The second-order valence-corrected chi connectivity index (χ2v) is 8.40. The fraction of sp³-hybridized carbons (Fsp3) is 0.417. The normalized spacial score (nSPS) is 11.1. The number of carbonyl (C=O) groups is 2. The Kier molecular flexibility index (Phi) is 7.82. The molecule has 2 aromatic carbocycles. The van der Waals surface area contributed by atoms with Crippen molar-refractivity contribution in [1.29, 1.82) is 0 Å². The molecular weight excluding hydrogens is 364 g/mol. The van der Waals surface area contributed by atoms with Gasteiger partial charge in [-0.15, -0.1) is 0 Å². The molecule has 1 N–H and O–H groups in total. The fourth-order valence-electron chi connectivity index (χ4n) is 2.79. The van der Waals surface area contributed by atoms with Gasteiger partial charge in [0.15, 0.2) is 0 Å².